The molecular formula is C21H25N3O5S. The molecule has 8 nitrogen and oxygen atoms in total. The van der Waals surface area contributed by atoms with Gasteiger partial charge in [-0.3, -0.25) is 14.0 Å². The summed E-state index contributed by atoms with van der Waals surface area (Å²) in [6.45, 7) is 4.33. The number of carbonyl (C=O) groups excluding carboxylic acids is 2. The number of hydrogen-bond donors (Lipinski definition) is 2. The summed E-state index contributed by atoms with van der Waals surface area (Å²) in [5, 5.41) is 13.2. The lowest BCUT2D eigenvalue weighted by molar-refractivity contribution is -0.131. The van der Waals surface area contributed by atoms with Crippen molar-refractivity contribution in [1.82, 2.24) is 10.2 Å². The Bertz CT molecular complexity index is 1050. The summed E-state index contributed by atoms with van der Waals surface area (Å²) in [5.74, 6) is -0.473. The molecule has 0 saturated carbocycles. The molecule has 2 aromatic carbocycles. The summed E-state index contributed by atoms with van der Waals surface area (Å²) < 4.78 is 27.7. The second-order valence-electron chi connectivity index (χ2n) is 7.81. The van der Waals surface area contributed by atoms with Crippen LogP contribution in [0.4, 0.5) is 10.5 Å². The number of nitrogens with one attached hydrogen (secondary N) is 1. The number of amides is 3. The molecule has 1 aliphatic rings. The predicted octanol–water partition coefficient (Wildman–Crippen LogP) is 1.88. The van der Waals surface area contributed by atoms with E-state index in [1.807, 2.05) is 13.0 Å². The van der Waals surface area contributed by atoms with E-state index in [-0.39, 0.29) is 18.0 Å². The third-order valence-corrected chi connectivity index (χ3v) is 6.64. The van der Waals surface area contributed by atoms with Crippen molar-refractivity contribution in [3.8, 4) is 0 Å². The fourth-order valence-corrected chi connectivity index (χ4v) is 4.80. The minimum atomic E-state index is -3.98. The van der Waals surface area contributed by atoms with Crippen LogP contribution in [0, 0.1) is 6.92 Å². The first-order chi connectivity index (χ1) is 14.0. The topological polar surface area (TPSA) is 107 Å². The van der Waals surface area contributed by atoms with E-state index in [0.29, 0.717) is 5.69 Å². The van der Waals surface area contributed by atoms with E-state index < -0.39 is 33.6 Å². The van der Waals surface area contributed by atoms with Crippen LogP contribution in [0.2, 0.25) is 0 Å². The summed E-state index contributed by atoms with van der Waals surface area (Å²) in [6.07, 6.45) is -1.28. The highest BCUT2D eigenvalue weighted by atomic mass is 32.2. The van der Waals surface area contributed by atoms with Gasteiger partial charge < -0.3 is 10.4 Å². The van der Waals surface area contributed by atoms with Gasteiger partial charge in [-0.05, 0) is 50.6 Å². The number of aliphatic hydroxyl groups excluding tert-OH is 1. The van der Waals surface area contributed by atoms with Crippen LogP contribution in [0.25, 0.3) is 0 Å². The first-order valence-electron chi connectivity index (χ1n) is 9.49. The zero-order valence-electron chi connectivity index (χ0n) is 17.1. The number of aryl methyl sites for hydroxylation is 1. The fraction of sp³-hybridized carbons (Fsp3) is 0.333. The van der Waals surface area contributed by atoms with Gasteiger partial charge in [0.1, 0.15) is 5.54 Å². The standard InChI is InChI=1S/C21H25N3O5S/c1-15-8-7-9-16(12-15)24(30(28,29)18-10-5-4-6-11-18)14-17(25)13-23-19(26)21(2,3)22-20(23)27/h4-12,17,25H,13-14H2,1-3H3,(H,22,27). The summed E-state index contributed by atoms with van der Waals surface area (Å²) in [4.78, 5) is 25.5. The third kappa shape index (κ3) is 4.31. The molecule has 1 aliphatic heterocycles. The van der Waals surface area contributed by atoms with Crippen molar-refractivity contribution in [3.05, 3.63) is 60.2 Å². The van der Waals surface area contributed by atoms with Crippen LogP contribution in [-0.4, -0.2) is 55.1 Å². The molecule has 0 radical (unpaired) electrons. The number of hydrogen-bond acceptors (Lipinski definition) is 5. The van der Waals surface area contributed by atoms with Gasteiger partial charge in [-0.1, -0.05) is 30.3 Å². The van der Waals surface area contributed by atoms with Gasteiger partial charge in [-0.15, -0.1) is 0 Å². The number of nitrogens with zero attached hydrogens (tertiary/aromatic N) is 2. The minimum Gasteiger partial charge on any atom is -0.389 e. The van der Waals surface area contributed by atoms with Crippen LogP contribution in [0.3, 0.4) is 0 Å². The lowest BCUT2D eigenvalue weighted by atomic mass is 10.1. The zero-order chi connectivity index (χ0) is 22.1. The molecule has 1 saturated heterocycles. The van der Waals surface area contributed by atoms with Gasteiger partial charge in [0.25, 0.3) is 15.9 Å². The fourth-order valence-electron chi connectivity index (χ4n) is 3.29. The number of benzene rings is 2. The van der Waals surface area contributed by atoms with Gasteiger partial charge in [0.05, 0.1) is 29.8 Å². The van der Waals surface area contributed by atoms with Crippen molar-refractivity contribution < 1.29 is 23.1 Å². The number of anilines is 1. The molecule has 9 heteroatoms. The van der Waals surface area contributed by atoms with Gasteiger partial charge in [0.2, 0.25) is 0 Å². The second-order valence-corrected chi connectivity index (χ2v) is 9.68. The molecule has 0 spiro atoms. The molecular weight excluding hydrogens is 406 g/mol. The van der Waals surface area contributed by atoms with E-state index in [1.54, 1.807) is 50.2 Å². The average Bonchev–Trinajstić information content (AvgIpc) is 2.88. The first-order valence-corrected chi connectivity index (χ1v) is 10.9. The van der Waals surface area contributed by atoms with E-state index >= 15 is 0 Å². The van der Waals surface area contributed by atoms with Crippen molar-refractivity contribution in [2.24, 2.45) is 0 Å². The highest BCUT2D eigenvalue weighted by Gasteiger charge is 2.45. The Morgan fingerprint density at radius 2 is 1.77 bits per heavy atom. The number of rotatable bonds is 7. The van der Waals surface area contributed by atoms with Gasteiger partial charge in [0, 0.05) is 0 Å². The lowest BCUT2D eigenvalue weighted by Crippen LogP contribution is -2.45. The van der Waals surface area contributed by atoms with Crippen LogP contribution in [0.15, 0.2) is 59.5 Å². The normalized spacial score (nSPS) is 17.0. The Labute approximate surface area is 176 Å². The highest BCUT2D eigenvalue weighted by molar-refractivity contribution is 7.92. The highest BCUT2D eigenvalue weighted by Crippen LogP contribution is 2.25. The smallest absolute Gasteiger partial charge is 0.325 e. The zero-order valence-corrected chi connectivity index (χ0v) is 17.9. The van der Waals surface area contributed by atoms with Crippen molar-refractivity contribution in [1.29, 1.82) is 0 Å². The van der Waals surface area contributed by atoms with Crippen LogP contribution in [-0.2, 0) is 14.8 Å². The lowest BCUT2D eigenvalue weighted by Gasteiger charge is -2.28. The molecule has 2 aromatic rings. The van der Waals surface area contributed by atoms with Crippen molar-refractivity contribution in [2.75, 3.05) is 17.4 Å². The summed E-state index contributed by atoms with van der Waals surface area (Å²) in [7, 11) is -3.98. The van der Waals surface area contributed by atoms with Gasteiger partial charge in [-0.25, -0.2) is 13.2 Å². The van der Waals surface area contributed by atoms with Crippen LogP contribution in [0.5, 0.6) is 0 Å². The van der Waals surface area contributed by atoms with E-state index in [1.165, 1.54) is 12.1 Å². The van der Waals surface area contributed by atoms with Gasteiger partial charge >= 0.3 is 6.03 Å². The van der Waals surface area contributed by atoms with Crippen molar-refractivity contribution in [2.45, 2.75) is 37.3 Å². The largest absolute Gasteiger partial charge is 0.389 e. The number of urea groups is 1. The Balaban J connectivity index is 1.90. The van der Waals surface area contributed by atoms with Crippen LogP contribution in [0.1, 0.15) is 19.4 Å². The quantitative estimate of drug-likeness (QED) is 0.651. The number of β-amino-alcohol motifs (C(OH)–C–C–N with tert-alkyl or cyclic N) is 1. The molecule has 0 bridgehead atoms. The van der Waals surface area contributed by atoms with E-state index in [2.05, 4.69) is 5.32 Å². The van der Waals surface area contributed by atoms with Gasteiger partial charge in [0.15, 0.2) is 0 Å². The van der Waals surface area contributed by atoms with E-state index in [4.69, 9.17) is 0 Å². The minimum absolute atomic E-state index is 0.0785. The molecule has 1 fully saturated rings. The van der Waals surface area contributed by atoms with E-state index in [0.717, 1.165) is 14.8 Å². The molecule has 0 aliphatic carbocycles. The van der Waals surface area contributed by atoms with E-state index in [9.17, 15) is 23.1 Å². The molecule has 3 rings (SSSR count). The summed E-state index contributed by atoms with van der Waals surface area (Å²) in [6, 6.07) is 14.2. The summed E-state index contributed by atoms with van der Waals surface area (Å²) in [5.41, 5.74) is 0.171. The van der Waals surface area contributed by atoms with Crippen LogP contribution >= 0.6 is 0 Å². The number of carbonyl (C=O) groups is 2. The molecule has 0 aromatic heterocycles. The molecule has 1 heterocycles. The molecule has 160 valence electrons. The van der Waals surface area contributed by atoms with Crippen molar-refractivity contribution >= 4 is 27.6 Å². The predicted molar refractivity (Wildman–Crippen MR) is 112 cm³/mol. The number of aliphatic hydroxyl groups is 1. The van der Waals surface area contributed by atoms with Gasteiger partial charge in [-0.2, -0.15) is 0 Å². The maximum atomic E-state index is 13.3. The maximum absolute atomic E-state index is 13.3. The Morgan fingerprint density at radius 3 is 2.33 bits per heavy atom. The second kappa shape index (κ2) is 8.08. The first kappa shape index (κ1) is 21.8. The maximum Gasteiger partial charge on any atom is 0.325 e. The Kier molecular flexibility index (Phi) is 5.87. The van der Waals surface area contributed by atoms with Crippen molar-refractivity contribution in [3.63, 3.8) is 0 Å². The molecule has 3 amide bonds. The average molecular weight is 432 g/mol. The number of imide groups is 1. The van der Waals surface area contributed by atoms with Crippen LogP contribution < -0.4 is 9.62 Å². The molecule has 1 atom stereocenters. The Hall–Kier alpha value is -2.91. The SMILES string of the molecule is Cc1cccc(N(CC(O)CN2C(=O)NC(C)(C)C2=O)S(=O)(=O)c2ccccc2)c1. The third-order valence-electron chi connectivity index (χ3n) is 4.84. The Morgan fingerprint density at radius 1 is 1.10 bits per heavy atom. The summed E-state index contributed by atoms with van der Waals surface area (Å²) >= 11 is 0. The number of sulfonamides is 1. The molecule has 2 N–H and O–H groups in total. The molecule has 1 unspecified atom stereocenters. The monoisotopic (exact) mass is 431 g/mol. The molecule has 30 heavy (non-hydrogen) atoms.